The molecule has 1 aromatic carbocycles. The Morgan fingerprint density at radius 1 is 1.54 bits per heavy atom. The van der Waals surface area contributed by atoms with Crippen molar-refractivity contribution in [2.45, 2.75) is 0 Å². The van der Waals surface area contributed by atoms with Crippen molar-refractivity contribution in [1.82, 2.24) is 0 Å². The summed E-state index contributed by atoms with van der Waals surface area (Å²) in [5.41, 5.74) is 6.61. The molecule has 0 atom stereocenters. The summed E-state index contributed by atoms with van der Waals surface area (Å²) < 4.78 is 13.4. The quantitative estimate of drug-likeness (QED) is 0.644. The maximum Gasteiger partial charge on any atom is 0.139 e. The van der Waals surface area contributed by atoms with Gasteiger partial charge in [0.2, 0.25) is 0 Å². The van der Waals surface area contributed by atoms with Gasteiger partial charge in [0.1, 0.15) is 5.82 Å². The highest BCUT2D eigenvalue weighted by Crippen LogP contribution is 2.28. The van der Waals surface area contributed by atoms with Gasteiger partial charge in [-0.3, -0.25) is 9.90 Å². The van der Waals surface area contributed by atoms with Gasteiger partial charge < -0.3 is 5.73 Å². The third-order valence-electron chi connectivity index (χ3n) is 1.68. The van der Waals surface area contributed by atoms with E-state index < -0.39 is 0 Å². The predicted octanol–water partition coefficient (Wildman–Crippen LogP) is 2.17. The maximum atomic E-state index is 13.1. The highest BCUT2D eigenvalue weighted by molar-refractivity contribution is 9.10. The Morgan fingerprint density at radius 3 is 2.69 bits per heavy atom. The van der Waals surface area contributed by atoms with Crippen molar-refractivity contribution in [3.05, 3.63) is 22.4 Å². The number of nitrogens with zero attached hydrogens (tertiary/aromatic N) is 1. The van der Waals surface area contributed by atoms with Crippen LogP contribution in [0, 0.1) is 5.82 Å². The van der Waals surface area contributed by atoms with E-state index in [1.165, 1.54) is 24.3 Å². The van der Waals surface area contributed by atoms with Crippen molar-refractivity contribution in [2.75, 3.05) is 25.0 Å². The summed E-state index contributed by atoms with van der Waals surface area (Å²) in [7, 11) is 3.14. The highest BCUT2D eigenvalue weighted by atomic mass is 79.9. The molecule has 0 radical (unpaired) electrons. The van der Waals surface area contributed by atoms with Gasteiger partial charge in [-0.05, 0) is 22.0 Å². The normalized spacial score (nSPS) is 10.2. The molecule has 1 aromatic rings. The third kappa shape index (κ3) is 2.10. The second-order valence-corrected chi connectivity index (χ2v) is 3.36. The fraction of sp³-hybridized carbons (Fsp3) is 0.250. The first-order valence-electron chi connectivity index (χ1n) is 3.58. The molecule has 0 amide bonds. The van der Waals surface area contributed by atoms with Gasteiger partial charge in [-0.15, -0.1) is 0 Å². The molecule has 0 aliphatic rings. The number of rotatable bonds is 2. The van der Waals surface area contributed by atoms with Crippen LogP contribution in [0.25, 0.3) is 0 Å². The molecule has 0 fully saturated rings. The Morgan fingerprint density at radius 2 is 2.15 bits per heavy atom. The Hall–Kier alpha value is -0.810. The minimum atomic E-state index is -0.367. The molecule has 2 N–H and O–H groups in total. The first kappa shape index (κ1) is 10.3. The van der Waals surface area contributed by atoms with Crippen LogP contribution in [0.2, 0.25) is 0 Å². The fourth-order valence-corrected chi connectivity index (χ4v) is 1.28. The smallest absolute Gasteiger partial charge is 0.139 e. The van der Waals surface area contributed by atoms with Crippen LogP contribution in [0.1, 0.15) is 0 Å². The molecule has 0 heterocycles. The average Bonchev–Trinajstić information content (AvgIpc) is 2.10. The first-order valence-corrected chi connectivity index (χ1v) is 4.38. The Bertz CT molecular complexity index is 319. The molecule has 72 valence electrons. The first-order chi connectivity index (χ1) is 6.06. The lowest BCUT2D eigenvalue weighted by Crippen LogP contribution is -2.16. The molecule has 0 aromatic heterocycles. The van der Waals surface area contributed by atoms with Gasteiger partial charge in [-0.1, -0.05) is 0 Å². The summed E-state index contributed by atoms with van der Waals surface area (Å²) in [6, 6.07) is 2.81. The van der Waals surface area contributed by atoms with E-state index in [1.54, 1.807) is 7.05 Å². The molecular formula is C8H10BrFN2O. The highest BCUT2D eigenvalue weighted by Gasteiger charge is 2.09. The second kappa shape index (κ2) is 3.93. The van der Waals surface area contributed by atoms with E-state index in [9.17, 15) is 4.39 Å². The summed E-state index contributed by atoms with van der Waals surface area (Å²) in [5.74, 6) is -0.367. The van der Waals surface area contributed by atoms with Crippen LogP contribution < -0.4 is 10.8 Å². The molecule has 0 bridgehead atoms. The number of hydroxylamine groups is 1. The Kier molecular flexibility index (Phi) is 3.11. The van der Waals surface area contributed by atoms with Gasteiger partial charge in [-0.25, -0.2) is 4.39 Å². The standard InChI is InChI=1S/C8H10BrFN2O/c1-12(13-2)8-4-6(10)5(9)3-7(8)11/h3-4H,11H2,1-2H3. The SMILES string of the molecule is CON(C)c1cc(F)c(Br)cc1N. The van der Waals surface area contributed by atoms with Gasteiger partial charge in [0, 0.05) is 13.1 Å². The van der Waals surface area contributed by atoms with E-state index in [1.807, 2.05) is 0 Å². The van der Waals surface area contributed by atoms with Crippen molar-refractivity contribution in [1.29, 1.82) is 0 Å². The van der Waals surface area contributed by atoms with Gasteiger partial charge in [0.15, 0.2) is 0 Å². The number of hydrogen-bond donors (Lipinski definition) is 1. The van der Waals surface area contributed by atoms with E-state index in [4.69, 9.17) is 10.6 Å². The molecular weight excluding hydrogens is 239 g/mol. The van der Waals surface area contributed by atoms with Crippen LogP contribution >= 0.6 is 15.9 Å². The van der Waals surface area contributed by atoms with Crippen LogP contribution in [-0.2, 0) is 4.84 Å². The van der Waals surface area contributed by atoms with E-state index in [0.717, 1.165) is 0 Å². The maximum absolute atomic E-state index is 13.1. The number of benzene rings is 1. The zero-order chi connectivity index (χ0) is 10.0. The minimum absolute atomic E-state index is 0.346. The van der Waals surface area contributed by atoms with Crippen LogP contribution in [-0.4, -0.2) is 14.2 Å². The van der Waals surface area contributed by atoms with Crippen LogP contribution in [0.4, 0.5) is 15.8 Å². The number of halogens is 2. The molecule has 1 rings (SSSR count). The van der Waals surface area contributed by atoms with E-state index >= 15 is 0 Å². The zero-order valence-electron chi connectivity index (χ0n) is 7.34. The lowest BCUT2D eigenvalue weighted by atomic mass is 10.2. The predicted molar refractivity (Wildman–Crippen MR) is 53.9 cm³/mol. The van der Waals surface area contributed by atoms with E-state index in [-0.39, 0.29) is 5.82 Å². The van der Waals surface area contributed by atoms with Gasteiger partial charge in [0.05, 0.1) is 23.0 Å². The van der Waals surface area contributed by atoms with Gasteiger partial charge >= 0.3 is 0 Å². The molecule has 0 aliphatic heterocycles. The van der Waals surface area contributed by atoms with Crippen LogP contribution in [0.15, 0.2) is 16.6 Å². The molecule has 13 heavy (non-hydrogen) atoms. The molecule has 5 heteroatoms. The number of nitrogen functional groups attached to an aromatic ring is 1. The minimum Gasteiger partial charge on any atom is -0.397 e. The fourth-order valence-electron chi connectivity index (χ4n) is 0.923. The molecule has 0 unspecified atom stereocenters. The number of anilines is 2. The van der Waals surface area contributed by atoms with Crippen LogP contribution in [0.3, 0.4) is 0 Å². The van der Waals surface area contributed by atoms with Crippen molar-refractivity contribution < 1.29 is 9.23 Å². The van der Waals surface area contributed by atoms with Gasteiger partial charge in [-0.2, -0.15) is 0 Å². The average molecular weight is 249 g/mol. The summed E-state index contributed by atoms with van der Waals surface area (Å²) >= 11 is 3.04. The van der Waals surface area contributed by atoms with Crippen molar-refractivity contribution >= 4 is 27.3 Å². The lowest BCUT2D eigenvalue weighted by molar-refractivity contribution is 0.185. The monoisotopic (exact) mass is 248 g/mol. The van der Waals surface area contributed by atoms with Crippen molar-refractivity contribution in [3.63, 3.8) is 0 Å². The summed E-state index contributed by atoms with van der Waals surface area (Å²) in [4.78, 5) is 4.88. The van der Waals surface area contributed by atoms with Crippen LogP contribution in [0.5, 0.6) is 0 Å². The Labute approximate surface area is 84.4 Å². The van der Waals surface area contributed by atoms with Gasteiger partial charge in [0.25, 0.3) is 0 Å². The summed E-state index contributed by atoms with van der Waals surface area (Å²) in [6.07, 6.45) is 0. The Balaban J connectivity index is 3.15. The summed E-state index contributed by atoms with van der Waals surface area (Å²) in [6.45, 7) is 0. The number of nitrogens with two attached hydrogens (primary N) is 1. The molecule has 3 nitrogen and oxygen atoms in total. The zero-order valence-corrected chi connectivity index (χ0v) is 8.93. The largest absolute Gasteiger partial charge is 0.397 e. The second-order valence-electron chi connectivity index (χ2n) is 2.51. The lowest BCUT2D eigenvalue weighted by Gasteiger charge is -2.18. The van der Waals surface area contributed by atoms with E-state index in [0.29, 0.717) is 15.8 Å². The molecule has 0 saturated heterocycles. The van der Waals surface area contributed by atoms with E-state index in [2.05, 4.69) is 15.9 Å². The molecule has 0 saturated carbocycles. The van der Waals surface area contributed by atoms with Crippen molar-refractivity contribution in [3.8, 4) is 0 Å². The number of hydrogen-bond acceptors (Lipinski definition) is 3. The third-order valence-corrected chi connectivity index (χ3v) is 2.29. The summed E-state index contributed by atoms with van der Waals surface area (Å²) in [5, 5.41) is 1.39. The topological polar surface area (TPSA) is 38.5 Å². The molecule has 0 aliphatic carbocycles. The van der Waals surface area contributed by atoms with Crippen molar-refractivity contribution in [2.24, 2.45) is 0 Å². The molecule has 0 spiro atoms.